The zero-order valence-electron chi connectivity index (χ0n) is 11.9. The van der Waals surface area contributed by atoms with Crippen LogP contribution in [0.3, 0.4) is 0 Å². The van der Waals surface area contributed by atoms with Gasteiger partial charge in [-0.2, -0.15) is 0 Å². The predicted octanol–water partition coefficient (Wildman–Crippen LogP) is 1.96. The Hall–Kier alpha value is -2.11. The topological polar surface area (TPSA) is 69.4 Å². The summed E-state index contributed by atoms with van der Waals surface area (Å²) in [5.74, 6) is 7.14. The van der Waals surface area contributed by atoms with Gasteiger partial charge in [0.15, 0.2) is 0 Å². The van der Waals surface area contributed by atoms with Gasteiger partial charge in [-0.3, -0.25) is 10.8 Å². The Balaban J connectivity index is 2.46. The summed E-state index contributed by atoms with van der Waals surface area (Å²) in [4.78, 5) is 4.51. The summed E-state index contributed by atoms with van der Waals surface area (Å²) in [6.45, 7) is 1.95. The maximum absolute atomic E-state index is 5.70. The third-order valence-electron chi connectivity index (χ3n) is 3.12. The van der Waals surface area contributed by atoms with E-state index in [2.05, 4.69) is 10.4 Å². The molecule has 1 aromatic carbocycles. The molecule has 1 aromatic heterocycles. The number of hydrazine groups is 1. The Bertz CT molecular complexity index is 587. The van der Waals surface area contributed by atoms with Crippen LogP contribution in [0, 0.1) is 6.92 Å². The number of aromatic nitrogens is 1. The van der Waals surface area contributed by atoms with Crippen LogP contribution in [0.15, 0.2) is 36.4 Å². The van der Waals surface area contributed by atoms with Crippen molar-refractivity contribution in [2.45, 2.75) is 13.0 Å². The lowest BCUT2D eigenvalue weighted by molar-refractivity contribution is 0.387. The summed E-state index contributed by atoms with van der Waals surface area (Å²) >= 11 is 0. The van der Waals surface area contributed by atoms with Gasteiger partial charge in [0.2, 0.25) is 0 Å². The molecule has 0 saturated carbocycles. The molecule has 0 aliphatic rings. The van der Waals surface area contributed by atoms with E-state index in [1.165, 1.54) is 0 Å². The van der Waals surface area contributed by atoms with Crippen molar-refractivity contribution in [2.75, 3.05) is 14.2 Å². The van der Waals surface area contributed by atoms with Crippen LogP contribution in [-0.2, 0) is 0 Å². The molecule has 1 unspecified atom stereocenters. The number of nitrogens with zero attached hydrogens (tertiary/aromatic N) is 1. The average molecular weight is 273 g/mol. The fourth-order valence-electron chi connectivity index (χ4n) is 2.12. The van der Waals surface area contributed by atoms with E-state index in [9.17, 15) is 0 Å². The van der Waals surface area contributed by atoms with E-state index >= 15 is 0 Å². The van der Waals surface area contributed by atoms with Crippen molar-refractivity contribution in [1.29, 1.82) is 0 Å². The monoisotopic (exact) mass is 273 g/mol. The van der Waals surface area contributed by atoms with E-state index in [1.807, 2.05) is 43.3 Å². The van der Waals surface area contributed by atoms with Crippen LogP contribution in [0.1, 0.15) is 23.0 Å². The molecule has 5 nitrogen and oxygen atoms in total. The van der Waals surface area contributed by atoms with Gasteiger partial charge in [-0.15, -0.1) is 0 Å². The number of aryl methyl sites for hydroxylation is 1. The lowest BCUT2D eigenvalue weighted by Gasteiger charge is -2.19. The molecule has 1 heterocycles. The largest absolute Gasteiger partial charge is 0.497 e. The zero-order valence-corrected chi connectivity index (χ0v) is 11.9. The number of nitrogens with two attached hydrogens (primary N) is 1. The molecule has 106 valence electrons. The van der Waals surface area contributed by atoms with Crippen LogP contribution in [-0.4, -0.2) is 19.2 Å². The summed E-state index contributed by atoms with van der Waals surface area (Å²) in [6.07, 6.45) is 0. The summed E-state index contributed by atoms with van der Waals surface area (Å²) in [6, 6.07) is 11.2. The van der Waals surface area contributed by atoms with Crippen LogP contribution in [0.2, 0.25) is 0 Å². The molecule has 2 aromatic rings. The van der Waals surface area contributed by atoms with E-state index < -0.39 is 0 Å². The van der Waals surface area contributed by atoms with Crippen molar-refractivity contribution < 1.29 is 9.47 Å². The summed E-state index contributed by atoms with van der Waals surface area (Å²) in [7, 11) is 3.24. The molecular weight excluding hydrogens is 254 g/mol. The van der Waals surface area contributed by atoms with Crippen LogP contribution in [0.5, 0.6) is 11.5 Å². The average Bonchev–Trinajstić information content (AvgIpc) is 2.48. The van der Waals surface area contributed by atoms with Crippen LogP contribution < -0.4 is 20.7 Å². The van der Waals surface area contributed by atoms with Gasteiger partial charge >= 0.3 is 0 Å². The van der Waals surface area contributed by atoms with Crippen molar-refractivity contribution in [2.24, 2.45) is 5.84 Å². The first-order valence-electron chi connectivity index (χ1n) is 6.31. The third-order valence-corrected chi connectivity index (χ3v) is 3.12. The lowest BCUT2D eigenvalue weighted by atomic mass is 10.0. The smallest absolute Gasteiger partial charge is 0.127 e. The second kappa shape index (κ2) is 6.36. The van der Waals surface area contributed by atoms with Gasteiger partial charge in [0, 0.05) is 17.3 Å². The van der Waals surface area contributed by atoms with Crippen molar-refractivity contribution in [3.8, 4) is 11.5 Å². The van der Waals surface area contributed by atoms with Gasteiger partial charge in [-0.1, -0.05) is 6.07 Å². The quantitative estimate of drug-likeness (QED) is 0.644. The molecular formula is C15H19N3O2. The van der Waals surface area contributed by atoms with Crippen molar-refractivity contribution in [3.05, 3.63) is 53.3 Å². The number of rotatable bonds is 5. The number of benzene rings is 1. The third kappa shape index (κ3) is 2.89. The van der Waals surface area contributed by atoms with E-state index in [0.29, 0.717) is 5.75 Å². The summed E-state index contributed by atoms with van der Waals surface area (Å²) < 4.78 is 10.6. The molecule has 0 fully saturated rings. The Kier molecular flexibility index (Phi) is 4.55. The molecule has 0 aliphatic carbocycles. The van der Waals surface area contributed by atoms with Crippen LogP contribution in [0.25, 0.3) is 0 Å². The molecule has 0 amide bonds. The Morgan fingerprint density at radius 3 is 2.55 bits per heavy atom. The van der Waals surface area contributed by atoms with E-state index in [0.717, 1.165) is 22.7 Å². The van der Waals surface area contributed by atoms with Crippen LogP contribution >= 0.6 is 0 Å². The molecule has 20 heavy (non-hydrogen) atoms. The van der Waals surface area contributed by atoms with Crippen molar-refractivity contribution >= 4 is 0 Å². The van der Waals surface area contributed by atoms with Crippen LogP contribution in [0.4, 0.5) is 0 Å². The number of hydrogen-bond donors (Lipinski definition) is 2. The van der Waals surface area contributed by atoms with Crippen molar-refractivity contribution in [1.82, 2.24) is 10.4 Å². The van der Waals surface area contributed by atoms with Gasteiger partial charge in [-0.05, 0) is 31.2 Å². The molecule has 1 atom stereocenters. The normalized spacial score (nSPS) is 12.0. The summed E-state index contributed by atoms with van der Waals surface area (Å²) in [5.41, 5.74) is 5.49. The molecule has 3 N–H and O–H groups in total. The SMILES string of the molecule is COc1ccc(C(NN)c2cccc(C)n2)c(OC)c1. The molecule has 0 aliphatic heterocycles. The van der Waals surface area contributed by atoms with Gasteiger partial charge in [0.25, 0.3) is 0 Å². The Labute approximate surface area is 118 Å². The maximum Gasteiger partial charge on any atom is 0.127 e. The van der Waals surface area contributed by atoms with Gasteiger partial charge in [0.05, 0.1) is 26.0 Å². The molecule has 0 saturated heterocycles. The number of nitrogens with one attached hydrogen (secondary N) is 1. The first-order chi connectivity index (χ1) is 9.69. The Morgan fingerprint density at radius 2 is 1.95 bits per heavy atom. The fraction of sp³-hybridized carbons (Fsp3) is 0.267. The molecule has 0 radical (unpaired) electrons. The van der Waals surface area contributed by atoms with E-state index in [-0.39, 0.29) is 6.04 Å². The number of methoxy groups -OCH3 is 2. The molecule has 0 spiro atoms. The van der Waals surface area contributed by atoms with Gasteiger partial charge in [-0.25, -0.2) is 5.43 Å². The summed E-state index contributed by atoms with van der Waals surface area (Å²) in [5, 5.41) is 0. The highest BCUT2D eigenvalue weighted by Gasteiger charge is 2.18. The Morgan fingerprint density at radius 1 is 1.15 bits per heavy atom. The molecule has 5 heteroatoms. The van der Waals surface area contributed by atoms with E-state index in [4.69, 9.17) is 15.3 Å². The molecule has 2 rings (SSSR count). The second-order valence-corrected chi connectivity index (χ2v) is 4.41. The van der Waals surface area contributed by atoms with Gasteiger partial charge < -0.3 is 9.47 Å². The standard InChI is InChI=1S/C15H19N3O2/c1-10-5-4-6-13(17-10)15(18-16)12-8-7-11(19-2)9-14(12)20-3/h4-9,15,18H,16H2,1-3H3. The highest BCUT2D eigenvalue weighted by Crippen LogP contribution is 2.31. The number of hydrogen-bond acceptors (Lipinski definition) is 5. The highest BCUT2D eigenvalue weighted by atomic mass is 16.5. The van der Waals surface area contributed by atoms with Crippen molar-refractivity contribution in [3.63, 3.8) is 0 Å². The number of pyridine rings is 1. The maximum atomic E-state index is 5.70. The molecule has 0 bridgehead atoms. The fourth-order valence-corrected chi connectivity index (χ4v) is 2.12. The minimum Gasteiger partial charge on any atom is -0.497 e. The number of ether oxygens (including phenoxy) is 2. The first kappa shape index (κ1) is 14.3. The second-order valence-electron chi connectivity index (χ2n) is 4.41. The minimum atomic E-state index is -0.240. The zero-order chi connectivity index (χ0) is 14.5. The van der Waals surface area contributed by atoms with E-state index in [1.54, 1.807) is 14.2 Å². The first-order valence-corrected chi connectivity index (χ1v) is 6.31. The lowest BCUT2D eigenvalue weighted by Crippen LogP contribution is -2.30. The van der Waals surface area contributed by atoms with Gasteiger partial charge in [0.1, 0.15) is 11.5 Å². The predicted molar refractivity (Wildman–Crippen MR) is 77.7 cm³/mol. The minimum absolute atomic E-state index is 0.240. The highest BCUT2D eigenvalue weighted by molar-refractivity contribution is 5.45.